The van der Waals surface area contributed by atoms with Gasteiger partial charge in [0.2, 0.25) is 11.8 Å². The number of amides is 2. The molecule has 170 valence electrons. The second kappa shape index (κ2) is 9.85. The Morgan fingerprint density at radius 2 is 1.84 bits per heavy atom. The van der Waals surface area contributed by atoms with Gasteiger partial charge in [0.05, 0.1) is 5.41 Å². The maximum Gasteiger partial charge on any atom is 0.228 e. The molecule has 1 aromatic carbocycles. The molecule has 5 nitrogen and oxygen atoms in total. The van der Waals surface area contributed by atoms with E-state index in [1.165, 1.54) is 0 Å². The Bertz CT molecular complexity index is 937. The molecule has 1 aliphatic heterocycles. The number of aromatic nitrogens is 1. The van der Waals surface area contributed by atoms with E-state index < -0.39 is 5.41 Å². The van der Waals surface area contributed by atoms with Gasteiger partial charge in [0, 0.05) is 37.9 Å². The predicted octanol–water partition coefficient (Wildman–Crippen LogP) is 4.47. The van der Waals surface area contributed by atoms with Gasteiger partial charge in [0.15, 0.2) is 0 Å². The van der Waals surface area contributed by atoms with Crippen molar-refractivity contribution in [1.29, 1.82) is 0 Å². The highest BCUT2D eigenvalue weighted by molar-refractivity contribution is 5.86. The van der Waals surface area contributed by atoms with Gasteiger partial charge >= 0.3 is 0 Å². The molecule has 0 radical (unpaired) electrons. The highest BCUT2D eigenvalue weighted by atomic mass is 16.2. The Balaban J connectivity index is 1.61. The monoisotopic (exact) mass is 433 g/mol. The van der Waals surface area contributed by atoms with Gasteiger partial charge in [-0.25, -0.2) is 0 Å². The smallest absolute Gasteiger partial charge is 0.228 e. The van der Waals surface area contributed by atoms with Crippen LogP contribution in [-0.2, 0) is 16.0 Å². The number of carbonyl (C=O) groups is 2. The van der Waals surface area contributed by atoms with Crippen LogP contribution in [-0.4, -0.2) is 41.3 Å². The lowest BCUT2D eigenvalue weighted by Crippen LogP contribution is -2.46. The van der Waals surface area contributed by atoms with Crippen LogP contribution in [0.15, 0.2) is 48.8 Å². The summed E-state index contributed by atoms with van der Waals surface area (Å²) in [5.41, 5.74) is 2.79. The Morgan fingerprint density at radius 1 is 1.12 bits per heavy atom. The fourth-order valence-corrected chi connectivity index (χ4v) is 5.24. The second-order valence-electron chi connectivity index (χ2n) is 9.95. The van der Waals surface area contributed by atoms with Crippen LogP contribution in [0.1, 0.15) is 51.5 Å². The van der Waals surface area contributed by atoms with Crippen LogP contribution in [0.25, 0.3) is 11.1 Å². The average Bonchev–Trinajstić information content (AvgIpc) is 3.49. The van der Waals surface area contributed by atoms with Crippen molar-refractivity contribution in [3.8, 4) is 11.1 Å². The molecule has 2 heterocycles. The first-order valence-electron chi connectivity index (χ1n) is 12.0. The van der Waals surface area contributed by atoms with Crippen LogP contribution in [0.2, 0.25) is 0 Å². The highest BCUT2D eigenvalue weighted by Gasteiger charge is 2.47. The average molecular weight is 434 g/mol. The molecular formula is C27H35N3O2. The number of hydrogen-bond donors (Lipinski definition) is 1. The molecule has 1 N–H and O–H groups in total. The molecule has 2 aromatic rings. The van der Waals surface area contributed by atoms with Crippen LogP contribution in [0, 0.1) is 17.3 Å². The molecule has 2 fully saturated rings. The molecule has 0 unspecified atom stereocenters. The van der Waals surface area contributed by atoms with E-state index in [9.17, 15) is 9.59 Å². The zero-order valence-corrected chi connectivity index (χ0v) is 19.3. The number of benzene rings is 1. The van der Waals surface area contributed by atoms with Gasteiger partial charge < -0.3 is 10.2 Å². The van der Waals surface area contributed by atoms with E-state index >= 15 is 0 Å². The third kappa shape index (κ3) is 4.87. The van der Waals surface area contributed by atoms with Crippen LogP contribution in [0.5, 0.6) is 0 Å². The van der Waals surface area contributed by atoms with Crippen molar-refractivity contribution < 1.29 is 9.59 Å². The van der Waals surface area contributed by atoms with Crippen molar-refractivity contribution in [2.24, 2.45) is 17.3 Å². The SMILES string of the molecule is CC(C)CNC(=O)[C@@]1(Cc2ccccc2-c2ccncc2)CCN(C(=O)C2CCCC2)C1. The number of nitrogens with one attached hydrogen (secondary N) is 1. The Morgan fingerprint density at radius 3 is 2.56 bits per heavy atom. The largest absolute Gasteiger partial charge is 0.355 e. The van der Waals surface area contributed by atoms with Crippen molar-refractivity contribution >= 4 is 11.8 Å². The van der Waals surface area contributed by atoms with Crippen LogP contribution in [0.4, 0.5) is 0 Å². The topological polar surface area (TPSA) is 62.3 Å². The van der Waals surface area contributed by atoms with Crippen molar-refractivity contribution in [3.63, 3.8) is 0 Å². The molecule has 5 heteroatoms. The zero-order valence-electron chi connectivity index (χ0n) is 19.3. The van der Waals surface area contributed by atoms with Gasteiger partial charge in [-0.05, 0) is 60.4 Å². The third-order valence-electron chi connectivity index (χ3n) is 7.06. The summed E-state index contributed by atoms with van der Waals surface area (Å²) in [5.74, 6) is 0.868. The van der Waals surface area contributed by atoms with E-state index in [0.29, 0.717) is 38.4 Å². The van der Waals surface area contributed by atoms with E-state index in [1.807, 2.05) is 29.2 Å². The number of hydrogen-bond acceptors (Lipinski definition) is 3. The lowest BCUT2D eigenvalue weighted by atomic mass is 9.78. The van der Waals surface area contributed by atoms with E-state index in [2.05, 4.69) is 36.3 Å². The number of likely N-dealkylation sites (tertiary alicyclic amines) is 1. The number of nitrogens with zero attached hydrogens (tertiary/aromatic N) is 2. The maximum absolute atomic E-state index is 13.6. The normalized spacial score (nSPS) is 21.3. The van der Waals surface area contributed by atoms with E-state index in [-0.39, 0.29) is 17.7 Å². The first-order chi connectivity index (χ1) is 15.5. The molecule has 1 aliphatic carbocycles. The molecule has 1 aromatic heterocycles. The van der Waals surface area contributed by atoms with Crippen molar-refractivity contribution in [2.45, 2.75) is 52.4 Å². The highest BCUT2D eigenvalue weighted by Crippen LogP contribution is 2.39. The number of rotatable bonds is 7. The summed E-state index contributed by atoms with van der Waals surface area (Å²) in [6.45, 7) is 6.05. The Labute approximate surface area is 191 Å². The molecule has 0 spiro atoms. The molecule has 32 heavy (non-hydrogen) atoms. The molecule has 2 amide bonds. The minimum absolute atomic E-state index is 0.0810. The second-order valence-corrected chi connectivity index (χ2v) is 9.95. The summed E-state index contributed by atoms with van der Waals surface area (Å²) in [7, 11) is 0. The summed E-state index contributed by atoms with van der Waals surface area (Å²) in [6, 6.07) is 12.3. The number of pyridine rings is 1. The Kier molecular flexibility index (Phi) is 6.92. The molecule has 1 saturated heterocycles. The molecule has 2 aliphatic rings. The standard InChI is InChI=1S/C27H35N3O2/c1-20(2)18-29-26(32)27(13-16-30(19-27)25(31)22-7-3-4-8-22)17-23-9-5-6-10-24(23)21-11-14-28-15-12-21/h5-6,9-12,14-15,20,22H,3-4,7-8,13,16-19H2,1-2H3,(H,29,32)/t27-/m1/s1. The van der Waals surface area contributed by atoms with Crippen LogP contribution in [0.3, 0.4) is 0 Å². The van der Waals surface area contributed by atoms with Gasteiger partial charge in [-0.15, -0.1) is 0 Å². The van der Waals surface area contributed by atoms with Crippen molar-refractivity contribution in [2.75, 3.05) is 19.6 Å². The third-order valence-corrected chi connectivity index (χ3v) is 7.06. The van der Waals surface area contributed by atoms with E-state index in [0.717, 1.165) is 42.4 Å². The number of carbonyl (C=O) groups excluding carboxylic acids is 2. The summed E-state index contributed by atoms with van der Waals surface area (Å²) in [4.78, 5) is 32.8. The molecular weight excluding hydrogens is 398 g/mol. The summed E-state index contributed by atoms with van der Waals surface area (Å²) >= 11 is 0. The molecule has 1 saturated carbocycles. The lowest BCUT2D eigenvalue weighted by Gasteiger charge is -2.30. The first kappa shape index (κ1) is 22.5. The predicted molar refractivity (Wildman–Crippen MR) is 127 cm³/mol. The molecule has 0 bridgehead atoms. The molecule has 1 atom stereocenters. The minimum atomic E-state index is -0.591. The fourth-order valence-electron chi connectivity index (χ4n) is 5.24. The van der Waals surface area contributed by atoms with Gasteiger partial charge in [-0.1, -0.05) is 51.0 Å². The van der Waals surface area contributed by atoms with Gasteiger partial charge in [-0.2, -0.15) is 0 Å². The van der Waals surface area contributed by atoms with E-state index in [4.69, 9.17) is 0 Å². The van der Waals surface area contributed by atoms with Crippen molar-refractivity contribution in [1.82, 2.24) is 15.2 Å². The van der Waals surface area contributed by atoms with Crippen LogP contribution < -0.4 is 5.32 Å². The first-order valence-corrected chi connectivity index (χ1v) is 12.0. The summed E-state index contributed by atoms with van der Waals surface area (Å²) in [5, 5.41) is 3.19. The van der Waals surface area contributed by atoms with Gasteiger partial charge in [0.1, 0.15) is 0 Å². The van der Waals surface area contributed by atoms with E-state index in [1.54, 1.807) is 12.4 Å². The lowest BCUT2D eigenvalue weighted by molar-refractivity contribution is -0.136. The Hall–Kier alpha value is -2.69. The zero-order chi connectivity index (χ0) is 22.6. The summed E-state index contributed by atoms with van der Waals surface area (Å²) < 4.78 is 0. The van der Waals surface area contributed by atoms with Crippen LogP contribution >= 0.6 is 0 Å². The quantitative estimate of drug-likeness (QED) is 0.701. The van der Waals surface area contributed by atoms with Gasteiger partial charge in [-0.3, -0.25) is 14.6 Å². The molecule has 4 rings (SSSR count). The maximum atomic E-state index is 13.6. The summed E-state index contributed by atoms with van der Waals surface area (Å²) in [6.07, 6.45) is 9.21. The van der Waals surface area contributed by atoms with Gasteiger partial charge in [0.25, 0.3) is 0 Å². The van der Waals surface area contributed by atoms with Crippen molar-refractivity contribution in [3.05, 3.63) is 54.4 Å². The fraction of sp³-hybridized carbons (Fsp3) is 0.519. The minimum Gasteiger partial charge on any atom is -0.355 e.